The molecule has 0 aromatic carbocycles. The highest BCUT2D eigenvalue weighted by atomic mass is 16.5. The van der Waals surface area contributed by atoms with E-state index in [9.17, 15) is 9.59 Å². The van der Waals surface area contributed by atoms with Crippen LogP contribution in [0.2, 0.25) is 0 Å². The Balaban J connectivity index is 2.92. The van der Waals surface area contributed by atoms with E-state index in [1.807, 2.05) is 13.8 Å². The Morgan fingerprint density at radius 3 is 1.93 bits per heavy atom. The van der Waals surface area contributed by atoms with Gasteiger partial charge in [0.05, 0.1) is 7.11 Å². The third-order valence-corrected chi connectivity index (χ3v) is 3.13. The molecule has 3 nitrogen and oxygen atoms in total. The Morgan fingerprint density at radius 2 is 1.67 bits per heavy atom. The third-order valence-electron chi connectivity index (χ3n) is 3.13. The molecule has 0 aromatic rings. The van der Waals surface area contributed by atoms with Crippen molar-refractivity contribution in [2.24, 2.45) is 16.7 Å². The maximum Gasteiger partial charge on any atom is 0.319 e. The molecular weight excluding hydrogens is 192 g/mol. The van der Waals surface area contributed by atoms with Gasteiger partial charge in [-0.1, -0.05) is 27.7 Å². The van der Waals surface area contributed by atoms with Crippen molar-refractivity contribution in [3.05, 3.63) is 0 Å². The van der Waals surface area contributed by atoms with Crippen LogP contribution in [0.25, 0.3) is 0 Å². The summed E-state index contributed by atoms with van der Waals surface area (Å²) in [6, 6.07) is 0. The van der Waals surface area contributed by atoms with Gasteiger partial charge in [0.15, 0.2) is 5.78 Å². The standard InChI is InChI=1S/C12H20O3/c1-8(2)9(13)12(10(14)15-5)6-11(3,4)7-12/h8H,6-7H2,1-5H3. The summed E-state index contributed by atoms with van der Waals surface area (Å²) in [5, 5.41) is 0. The van der Waals surface area contributed by atoms with Crippen LogP contribution in [0, 0.1) is 16.7 Å². The topological polar surface area (TPSA) is 43.4 Å². The SMILES string of the molecule is COC(=O)C1(C(=O)C(C)C)CC(C)(C)C1. The Kier molecular flexibility index (Phi) is 2.94. The van der Waals surface area contributed by atoms with Crippen molar-refractivity contribution >= 4 is 11.8 Å². The van der Waals surface area contributed by atoms with Crippen molar-refractivity contribution in [1.29, 1.82) is 0 Å². The summed E-state index contributed by atoms with van der Waals surface area (Å²) in [6.45, 7) is 7.81. The number of rotatable bonds is 3. The highest BCUT2D eigenvalue weighted by Gasteiger charge is 2.60. The van der Waals surface area contributed by atoms with Crippen LogP contribution in [0.4, 0.5) is 0 Å². The van der Waals surface area contributed by atoms with Gasteiger partial charge in [0, 0.05) is 5.92 Å². The van der Waals surface area contributed by atoms with Crippen LogP contribution in [-0.2, 0) is 14.3 Å². The molecule has 86 valence electrons. The average Bonchev–Trinajstić information content (AvgIpc) is 2.10. The molecule has 0 aliphatic heterocycles. The summed E-state index contributed by atoms with van der Waals surface area (Å²) >= 11 is 0. The van der Waals surface area contributed by atoms with Crippen LogP contribution in [0.1, 0.15) is 40.5 Å². The molecule has 0 amide bonds. The van der Waals surface area contributed by atoms with E-state index in [0.717, 1.165) is 0 Å². The molecule has 1 fully saturated rings. The lowest BCUT2D eigenvalue weighted by atomic mass is 9.51. The molecule has 1 aliphatic rings. The smallest absolute Gasteiger partial charge is 0.319 e. The molecule has 0 atom stereocenters. The summed E-state index contributed by atoms with van der Waals surface area (Å²) in [5.74, 6) is -0.450. The summed E-state index contributed by atoms with van der Waals surface area (Å²) < 4.78 is 4.76. The predicted molar refractivity (Wildman–Crippen MR) is 57.3 cm³/mol. The molecule has 0 radical (unpaired) electrons. The Bertz CT molecular complexity index is 281. The van der Waals surface area contributed by atoms with E-state index in [-0.39, 0.29) is 23.1 Å². The number of esters is 1. The van der Waals surface area contributed by atoms with Crippen LogP contribution >= 0.6 is 0 Å². The van der Waals surface area contributed by atoms with Gasteiger partial charge in [0.1, 0.15) is 5.41 Å². The molecule has 1 saturated carbocycles. The fraction of sp³-hybridized carbons (Fsp3) is 0.833. The lowest BCUT2D eigenvalue weighted by molar-refractivity contribution is -0.174. The van der Waals surface area contributed by atoms with Crippen LogP contribution in [-0.4, -0.2) is 18.9 Å². The number of carbonyl (C=O) groups excluding carboxylic acids is 2. The Hall–Kier alpha value is -0.860. The van der Waals surface area contributed by atoms with Crippen LogP contribution in [0.5, 0.6) is 0 Å². The largest absolute Gasteiger partial charge is 0.468 e. The molecular formula is C12H20O3. The number of carbonyl (C=O) groups is 2. The van der Waals surface area contributed by atoms with Gasteiger partial charge in [-0.25, -0.2) is 0 Å². The molecule has 1 aliphatic carbocycles. The number of Topliss-reactive ketones (excluding diaryl/α,β-unsaturated/α-hetero) is 1. The van der Waals surface area contributed by atoms with E-state index < -0.39 is 5.41 Å². The van der Waals surface area contributed by atoms with E-state index >= 15 is 0 Å². The van der Waals surface area contributed by atoms with Crippen molar-refractivity contribution in [3.63, 3.8) is 0 Å². The van der Waals surface area contributed by atoms with Gasteiger partial charge in [0.2, 0.25) is 0 Å². The highest BCUT2D eigenvalue weighted by Crippen LogP contribution is 2.56. The first kappa shape index (κ1) is 12.2. The third kappa shape index (κ3) is 1.92. The highest BCUT2D eigenvalue weighted by molar-refractivity contribution is 6.05. The minimum Gasteiger partial charge on any atom is -0.468 e. The van der Waals surface area contributed by atoms with Crippen molar-refractivity contribution in [1.82, 2.24) is 0 Å². The Morgan fingerprint density at radius 1 is 1.20 bits per heavy atom. The van der Waals surface area contributed by atoms with E-state index in [0.29, 0.717) is 12.8 Å². The summed E-state index contributed by atoms with van der Waals surface area (Å²) in [6.07, 6.45) is 1.23. The zero-order chi connectivity index (χ0) is 11.9. The number of ketones is 1. The second-order valence-corrected chi connectivity index (χ2v) is 5.61. The first-order valence-electron chi connectivity index (χ1n) is 5.38. The van der Waals surface area contributed by atoms with Gasteiger partial charge >= 0.3 is 5.97 Å². The molecule has 0 aromatic heterocycles. The van der Waals surface area contributed by atoms with Crippen molar-refractivity contribution < 1.29 is 14.3 Å². The van der Waals surface area contributed by atoms with Gasteiger partial charge in [-0.2, -0.15) is 0 Å². The van der Waals surface area contributed by atoms with Crippen molar-refractivity contribution in [3.8, 4) is 0 Å². The van der Waals surface area contributed by atoms with Crippen LogP contribution < -0.4 is 0 Å². The van der Waals surface area contributed by atoms with Crippen LogP contribution in [0.3, 0.4) is 0 Å². The number of hydrogen-bond acceptors (Lipinski definition) is 3. The molecule has 0 N–H and O–H groups in total. The maximum absolute atomic E-state index is 12.0. The summed E-state index contributed by atoms with van der Waals surface area (Å²) in [7, 11) is 1.35. The van der Waals surface area contributed by atoms with E-state index in [1.54, 1.807) is 0 Å². The molecule has 0 saturated heterocycles. The number of methoxy groups -OCH3 is 1. The molecule has 0 spiro atoms. The second kappa shape index (κ2) is 3.62. The minimum atomic E-state index is -0.855. The van der Waals surface area contributed by atoms with Crippen LogP contribution in [0.15, 0.2) is 0 Å². The minimum absolute atomic E-state index is 0.0219. The maximum atomic E-state index is 12.0. The van der Waals surface area contributed by atoms with E-state index in [2.05, 4.69) is 13.8 Å². The van der Waals surface area contributed by atoms with Gasteiger partial charge < -0.3 is 4.74 Å². The average molecular weight is 212 g/mol. The molecule has 0 unspecified atom stereocenters. The van der Waals surface area contributed by atoms with E-state index in [1.165, 1.54) is 7.11 Å². The van der Waals surface area contributed by atoms with Gasteiger partial charge in [-0.15, -0.1) is 0 Å². The monoisotopic (exact) mass is 212 g/mol. The summed E-state index contributed by atoms with van der Waals surface area (Å²) in [4.78, 5) is 23.7. The molecule has 0 heterocycles. The lowest BCUT2D eigenvalue weighted by Crippen LogP contribution is -2.55. The normalized spacial score (nSPS) is 22.0. The lowest BCUT2D eigenvalue weighted by Gasteiger charge is -2.50. The van der Waals surface area contributed by atoms with Crippen molar-refractivity contribution in [2.45, 2.75) is 40.5 Å². The zero-order valence-corrected chi connectivity index (χ0v) is 10.2. The van der Waals surface area contributed by atoms with E-state index in [4.69, 9.17) is 4.74 Å². The predicted octanol–water partition coefficient (Wildman–Crippen LogP) is 2.19. The first-order chi connectivity index (χ1) is 6.75. The van der Waals surface area contributed by atoms with Gasteiger partial charge in [-0.05, 0) is 18.3 Å². The fourth-order valence-electron chi connectivity index (χ4n) is 2.75. The fourth-order valence-corrected chi connectivity index (χ4v) is 2.75. The number of ether oxygens (including phenoxy) is 1. The molecule has 3 heteroatoms. The molecule has 0 bridgehead atoms. The molecule has 1 rings (SSSR count). The van der Waals surface area contributed by atoms with Gasteiger partial charge in [0.25, 0.3) is 0 Å². The van der Waals surface area contributed by atoms with Crippen molar-refractivity contribution in [2.75, 3.05) is 7.11 Å². The molecule has 15 heavy (non-hydrogen) atoms. The Labute approximate surface area is 91.2 Å². The zero-order valence-electron chi connectivity index (χ0n) is 10.2. The number of hydrogen-bond donors (Lipinski definition) is 0. The quantitative estimate of drug-likeness (QED) is 0.532. The van der Waals surface area contributed by atoms with Gasteiger partial charge in [-0.3, -0.25) is 9.59 Å². The first-order valence-corrected chi connectivity index (χ1v) is 5.38. The second-order valence-electron chi connectivity index (χ2n) is 5.61. The summed E-state index contributed by atoms with van der Waals surface area (Å²) in [5.41, 5.74) is -0.773.